The molecule has 1 heterocycles. The van der Waals surface area contributed by atoms with E-state index in [-0.39, 0.29) is 18.4 Å². The summed E-state index contributed by atoms with van der Waals surface area (Å²) in [6.07, 6.45) is -0.815. The van der Waals surface area contributed by atoms with Crippen molar-refractivity contribution in [3.63, 3.8) is 0 Å². The second kappa shape index (κ2) is 10.7. The average molecular weight is 466 g/mol. The molecule has 2 aromatic rings. The van der Waals surface area contributed by atoms with Gasteiger partial charge in [0.15, 0.2) is 6.10 Å². The molecule has 1 aliphatic rings. The summed E-state index contributed by atoms with van der Waals surface area (Å²) in [6.45, 7) is 4.62. The summed E-state index contributed by atoms with van der Waals surface area (Å²) in [5.74, 6) is -0.291. The zero-order valence-corrected chi connectivity index (χ0v) is 18.9. The number of amides is 2. The quantitative estimate of drug-likeness (QED) is 0.674. The number of rotatable bonds is 7. The monoisotopic (exact) mass is 465 g/mol. The van der Waals surface area contributed by atoms with Gasteiger partial charge in [-0.2, -0.15) is 0 Å². The lowest BCUT2D eigenvalue weighted by atomic mass is 10.2. The van der Waals surface area contributed by atoms with Gasteiger partial charge in [-0.1, -0.05) is 23.2 Å². The van der Waals surface area contributed by atoms with Crippen LogP contribution in [0, 0.1) is 0 Å². The van der Waals surface area contributed by atoms with Gasteiger partial charge in [0.2, 0.25) is 5.91 Å². The SMILES string of the molecule is C[C@H](Oc1ccc(Cl)cc1Cl)C(=O)N(C)CC(=O)Nc1ccc(N2CCOCC2)cc1. The normalized spacial score (nSPS) is 14.6. The Hall–Kier alpha value is -2.48. The highest BCUT2D eigenvalue weighted by atomic mass is 35.5. The standard InChI is InChI=1S/C22H25Cl2N3O4/c1-15(31-20-8-3-16(23)13-19(20)24)22(29)26(2)14-21(28)25-17-4-6-18(7-5-17)27-9-11-30-12-10-27/h3-8,13,15H,9-12,14H2,1-2H3,(H,25,28)/t15-/m0/s1. The van der Waals surface area contributed by atoms with Gasteiger partial charge in [0.05, 0.1) is 24.8 Å². The van der Waals surface area contributed by atoms with E-state index in [1.165, 1.54) is 11.0 Å². The molecule has 0 radical (unpaired) electrons. The Bertz CT molecular complexity index is 917. The molecule has 0 spiro atoms. The first-order chi connectivity index (χ1) is 14.8. The summed E-state index contributed by atoms with van der Waals surface area (Å²) >= 11 is 12.0. The number of anilines is 2. The van der Waals surface area contributed by atoms with Crippen molar-refractivity contribution in [2.24, 2.45) is 0 Å². The molecule has 1 fully saturated rings. The van der Waals surface area contributed by atoms with Crippen LogP contribution in [0.2, 0.25) is 10.0 Å². The van der Waals surface area contributed by atoms with Crippen molar-refractivity contribution in [3.8, 4) is 5.75 Å². The van der Waals surface area contributed by atoms with Crippen molar-refractivity contribution in [1.29, 1.82) is 0 Å². The minimum Gasteiger partial charge on any atom is -0.479 e. The Morgan fingerprint density at radius 1 is 1.16 bits per heavy atom. The first kappa shape index (κ1) is 23.2. The van der Waals surface area contributed by atoms with Crippen LogP contribution in [0.1, 0.15) is 6.92 Å². The molecule has 1 aliphatic heterocycles. The molecule has 0 unspecified atom stereocenters. The van der Waals surface area contributed by atoms with E-state index < -0.39 is 6.10 Å². The number of halogens is 2. The van der Waals surface area contributed by atoms with Crippen LogP contribution in [0.25, 0.3) is 0 Å². The molecule has 9 heteroatoms. The minimum atomic E-state index is -0.815. The Labute approximate surface area is 191 Å². The third-order valence-corrected chi connectivity index (χ3v) is 5.36. The molecule has 0 bridgehead atoms. The zero-order valence-electron chi connectivity index (χ0n) is 17.4. The topological polar surface area (TPSA) is 71.1 Å². The largest absolute Gasteiger partial charge is 0.479 e. The molecule has 0 saturated carbocycles. The van der Waals surface area contributed by atoms with Crippen LogP contribution in [-0.4, -0.2) is 62.7 Å². The lowest BCUT2D eigenvalue weighted by molar-refractivity contribution is -0.139. The number of nitrogens with one attached hydrogen (secondary N) is 1. The maximum atomic E-state index is 12.6. The van der Waals surface area contributed by atoms with Gasteiger partial charge in [-0.3, -0.25) is 9.59 Å². The summed E-state index contributed by atoms with van der Waals surface area (Å²) in [6, 6.07) is 12.4. The Kier molecular flexibility index (Phi) is 8.01. The highest BCUT2D eigenvalue weighted by molar-refractivity contribution is 6.35. The molecule has 3 rings (SSSR count). The zero-order chi connectivity index (χ0) is 22.4. The molecule has 1 atom stereocenters. The fourth-order valence-electron chi connectivity index (χ4n) is 3.19. The minimum absolute atomic E-state index is 0.105. The highest BCUT2D eigenvalue weighted by Gasteiger charge is 2.22. The lowest BCUT2D eigenvalue weighted by Gasteiger charge is -2.29. The van der Waals surface area contributed by atoms with Crippen LogP contribution in [0.5, 0.6) is 5.75 Å². The molecule has 1 saturated heterocycles. The van der Waals surface area contributed by atoms with Gasteiger partial charge in [-0.25, -0.2) is 0 Å². The Morgan fingerprint density at radius 2 is 1.84 bits per heavy atom. The number of benzene rings is 2. The van der Waals surface area contributed by atoms with E-state index in [1.807, 2.05) is 24.3 Å². The van der Waals surface area contributed by atoms with E-state index >= 15 is 0 Å². The van der Waals surface area contributed by atoms with Crippen molar-refractivity contribution >= 4 is 46.4 Å². The van der Waals surface area contributed by atoms with Crippen molar-refractivity contribution in [2.75, 3.05) is 50.1 Å². The third kappa shape index (κ3) is 6.50. The Balaban J connectivity index is 1.50. The number of morpholine rings is 1. The van der Waals surface area contributed by atoms with E-state index in [1.54, 1.807) is 26.1 Å². The summed E-state index contributed by atoms with van der Waals surface area (Å²) in [5.41, 5.74) is 1.75. The predicted molar refractivity (Wildman–Crippen MR) is 122 cm³/mol. The smallest absolute Gasteiger partial charge is 0.263 e. The fraction of sp³-hybridized carbons (Fsp3) is 0.364. The molecule has 166 valence electrons. The van der Waals surface area contributed by atoms with Crippen LogP contribution in [0.4, 0.5) is 11.4 Å². The number of carbonyl (C=O) groups excluding carboxylic acids is 2. The van der Waals surface area contributed by atoms with Gasteiger partial charge in [-0.15, -0.1) is 0 Å². The van der Waals surface area contributed by atoms with E-state index in [2.05, 4.69) is 10.2 Å². The fourth-order valence-corrected chi connectivity index (χ4v) is 3.65. The predicted octanol–water partition coefficient (Wildman–Crippen LogP) is 3.69. The van der Waals surface area contributed by atoms with Gasteiger partial charge in [0, 0.05) is 36.5 Å². The summed E-state index contributed by atoms with van der Waals surface area (Å²) in [4.78, 5) is 28.5. The molecule has 31 heavy (non-hydrogen) atoms. The third-order valence-electron chi connectivity index (χ3n) is 4.83. The van der Waals surface area contributed by atoms with Gasteiger partial charge in [-0.05, 0) is 49.4 Å². The number of hydrogen-bond acceptors (Lipinski definition) is 5. The molecular formula is C22H25Cl2N3O4. The van der Waals surface area contributed by atoms with E-state index in [0.29, 0.717) is 34.7 Å². The van der Waals surface area contributed by atoms with Crippen LogP contribution in [0.3, 0.4) is 0 Å². The van der Waals surface area contributed by atoms with Gasteiger partial charge < -0.3 is 24.6 Å². The molecule has 2 amide bonds. The number of nitrogens with zero attached hydrogens (tertiary/aromatic N) is 2. The number of carbonyl (C=O) groups is 2. The molecular weight excluding hydrogens is 441 g/mol. The van der Waals surface area contributed by atoms with Crippen molar-refractivity contribution in [1.82, 2.24) is 4.90 Å². The summed E-state index contributed by atoms with van der Waals surface area (Å²) in [7, 11) is 1.55. The number of ether oxygens (including phenoxy) is 2. The summed E-state index contributed by atoms with van der Waals surface area (Å²) in [5, 5.41) is 3.60. The van der Waals surface area contributed by atoms with Crippen LogP contribution < -0.4 is 15.0 Å². The van der Waals surface area contributed by atoms with Crippen molar-refractivity contribution < 1.29 is 19.1 Å². The maximum absolute atomic E-state index is 12.6. The van der Waals surface area contributed by atoms with Gasteiger partial charge >= 0.3 is 0 Å². The van der Waals surface area contributed by atoms with Crippen LogP contribution in [0.15, 0.2) is 42.5 Å². The number of likely N-dealkylation sites (N-methyl/N-ethyl adjacent to an activating group) is 1. The average Bonchev–Trinajstić information content (AvgIpc) is 2.76. The highest BCUT2D eigenvalue weighted by Crippen LogP contribution is 2.28. The molecule has 0 aliphatic carbocycles. The number of hydrogen-bond donors (Lipinski definition) is 1. The first-order valence-corrected chi connectivity index (χ1v) is 10.7. The lowest BCUT2D eigenvalue weighted by Crippen LogP contribution is -2.42. The molecule has 1 N–H and O–H groups in total. The first-order valence-electron chi connectivity index (χ1n) is 9.93. The Morgan fingerprint density at radius 3 is 2.48 bits per heavy atom. The second-order valence-corrected chi connectivity index (χ2v) is 8.07. The molecule has 2 aromatic carbocycles. The van der Waals surface area contributed by atoms with Crippen molar-refractivity contribution in [3.05, 3.63) is 52.5 Å². The van der Waals surface area contributed by atoms with E-state index in [4.69, 9.17) is 32.7 Å². The van der Waals surface area contributed by atoms with Gasteiger partial charge in [0.25, 0.3) is 5.91 Å². The van der Waals surface area contributed by atoms with Gasteiger partial charge in [0.1, 0.15) is 5.75 Å². The van der Waals surface area contributed by atoms with Crippen molar-refractivity contribution in [2.45, 2.75) is 13.0 Å². The van der Waals surface area contributed by atoms with E-state index in [0.717, 1.165) is 18.8 Å². The molecule has 0 aromatic heterocycles. The van der Waals surface area contributed by atoms with Crippen LogP contribution in [-0.2, 0) is 14.3 Å². The molecule has 7 nitrogen and oxygen atoms in total. The van der Waals surface area contributed by atoms with Crippen LogP contribution >= 0.6 is 23.2 Å². The maximum Gasteiger partial charge on any atom is 0.263 e. The second-order valence-electron chi connectivity index (χ2n) is 7.22. The summed E-state index contributed by atoms with van der Waals surface area (Å²) < 4.78 is 11.0. The van der Waals surface area contributed by atoms with E-state index in [9.17, 15) is 9.59 Å².